The van der Waals surface area contributed by atoms with Crippen LogP contribution in [0, 0.1) is 5.92 Å². The van der Waals surface area contributed by atoms with E-state index in [0.717, 1.165) is 5.21 Å². The summed E-state index contributed by atoms with van der Waals surface area (Å²) in [7, 11) is 0. The zero-order valence-corrected chi connectivity index (χ0v) is 6.44. The Morgan fingerprint density at radius 3 is 2.33 bits per heavy atom. The molecule has 0 aliphatic heterocycles. The van der Waals surface area contributed by atoms with Crippen LogP contribution in [0.15, 0.2) is 0 Å². The molecular weight excluding hydrogens is 139 g/mol. The summed E-state index contributed by atoms with van der Waals surface area (Å²) in [5.41, 5.74) is 0. The van der Waals surface area contributed by atoms with E-state index in [-0.39, 0.29) is 0 Å². The Kier molecular flexibility index (Phi) is 4.02. The van der Waals surface area contributed by atoms with Crippen molar-refractivity contribution in [3.8, 4) is 0 Å². The Balaban J connectivity index is 2.75. The summed E-state index contributed by atoms with van der Waals surface area (Å²) in [6.45, 7) is 2.39. The third kappa shape index (κ3) is 2.74. The van der Waals surface area contributed by atoms with Gasteiger partial charge in [0.1, 0.15) is 0 Å². The molecule has 0 fully saturated rings. The van der Waals surface area contributed by atoms with Crippen molar-refractivity contribution in [3.63, 3.8) is 0 Å². The molecule has 0 aromatic carbocycles. The van der Waals surface area contributed by atoms with Gasteiger partial charge in [-0.15, -0.1) is 0 Å². The Morgan fingerprint density at radius 1 is 1.83 bits per heavy atom. The first-order valence-corrected chi connectivity index (χ1v) is 3.83. The van der Waals surface area contributed by atoms with Gasteiger partial charge < -0.3 is 0 Å². The van der Waals surface area contributed by atoms with Crippen molar-refractivity contribution >= 4 is 16.9 Å². The van der Waals surface area contributed by atoms with Crippen molar-refractivity contribution in [2.75, 3.05) is 6.61 Å². The van der Waals surface area contributed by atoms with Crippen molar-refractivity contribution in [2.24, 2.45) is 5.92 Å². The maximum absolute atomic E-state index is 8.34. The van der Waals surface area contributed by atoms with Crippen molar-refractivity contribution < 1.29 is 5.11 Å². The van der Waals surface area contributed by atoms with E-state index in [2.05, 4.69) is 0 Å². The molecule has 0 aromatic heterocycles. The van der Waals surface area contributed by atoms with Gasteiger partial charge in [-0.2, -0.15) is 0 Å². The summed E-state index contributed by atoms with van der Waals surface area (Å²) in [4.78, 5) is 0. The van der Waals surface area contributed by atoms with E-state index in [0.29, 0.717) is 12.5 Å². The molecule has 1 N–H and O–H groups in total. The van der Waals surface area contributed by atoms with Gasteiger partial charge in [0, 0.05) is 0 Å². The van der Waals surface area contributed by atoms with Crippen LogP contribution in [0.4, 0.5) is 0 Å². The minimum atomic E-state index is 0.345. The third-order valence-corrected chi connectivity index (χ3v) is 2.40. The van der Waals surface area contributed by atoms with Crippen LogP contribution in [0.1, 0.15) is 6.92 Å². The number of rotatable bonds is 2. The van der Waals surface area contributed by atoms with Gasteiger partial charge in [-0.3, -0.25) is 0 Å². The van der Waals surface area contributed by atoms with Crippen LogP contribution in [-0.4, -0.2) is 28.6 Å². The van der Waals surface area contributed by atoms with Gasteiger partial charge in [-0.25, -0.2) is 0 Å². The number of aliphatic hydroxyl groups is 1. The van der Waals surface area contributed by atoms with Gasteiger partial charge in [0.05, 0.1) is 0 Å². The van der Waals surface area contributed by atoms with E-state index in [1.165, 1.54) is 0 Å². The van der Waals surface area contributed by atoms with E-state index in [4.69, 9.17) is 5.11 Å². The fourth-order valence-electron chi connectivity index (χ4n) is 0.0745. The molecule has 0 radical (unpaired) electrons. The van der Waals surface area contributed by atoms with Crippen LogP contribution >= 0.6 is 0 Å². The van der Waals surface area contributed by atoms with E-state index in [9.17, 15) is 0 Å². The second-order valence-electron chi connectivity index (χ2n) is 1.52. The molecule has 0 amide bonds. The summed E-state index contributed by atoms with van der Waals surface area (Å²) in [6, 6.07) is 0. The molecule has 0 aromatic rings. The molecule has 6 heavy (non-hydrogen) atoms. The fraction of sp³-hybridized carbons (Fsp3) is 1.00. The Hall–Kier alpha value is 0.518. The van der Waals surface area contributed by atoms with Crippen LogP contribution in [0.3, 0.4) is 0 Å². The number of aliphatic hydroxyl groups excluding tert-OH is 1. The van der Waals surface area contributed by atoms with Gasteiger partial charge >= 0.3 is 46.6 Å². The standard InChI is InChI=1S/C4H11AsO/c1-4(2-5)3-6/h4,6H,2-3,5H2,1H3/t4-/m0/s1. The quantitative estimate of drug-likeness (QED) is 0.534. The summed E-state index contributed by atoms with van der Waals surface area (Å²) in [5, 5.41) is 9.49. The van der Waals surface area contributed by atoms with Gasteiger partial charge in [-0.1, -0.05) is 0 Å². The average Bonchev–Trinajstić information content (AvgIpc) is 1.65. The maximum atomic E-state index is 8.34. The summed E-state index contributed by atoms with van der Waals surface area (Å²) < 4.78 is 0. The molecule has 0 saturated heterocycles. The topological polar surface area (TPSA) is 20.2 Å². The first-order chi connectivity index (χ1) is 2.81. The van der Waals surface area contributed by atoms with Gasteiger partial charge in [0.25, 0.3) is 0 Å². The second kappa shape index (κ2) is 3.70. The van der Waals surface area contributed by atoms with Gasteiger partial charge in [0.2, 0.25) is 0 Å². The summed E-state index contributed by atoms with van der Waals surface area (Å²) in [5.74, 6) is 0.519. The molecule has 2 heteroatoms. The molecule has 38 valence electrons. The molecule has 0 heterocycles. The Labute approximate surface area is 47.2 Å². The average molecular weight is 150 g/mol. The van der Waals surface area contributed by atoms with Gasteiger partial charge in [0.15, 0.2) is 0 Å². The minimum absolute atomic E-state index is 0.345. The van der Waals surface area contributed by atoms with Crippen LogP contribution in [-0.2, 0) is 0 Å². The number of hydrogen-bond acceptors (Lipinski definition) is 1. The second-order valence-corrected chi connectivity index (χ2v) is 2.51. The molecule has 0 aliphatic rings. The van der Waals surface area contributed by atoms with Crippen LogP contribution in [0.2, 0.25) is 5.21 Å². The summed E-state index contributed by atoms with van der Waals surface area (Å²) >= 11 is 1.69. The molecule has 0 aliphatic carbocycles. The van der Waals surface area contributed by atoms with Crippen LogP contribution < -0.4 is 0 Å². The van der Waals surface area contributed by atoms with Crippen molar-refractivity contribution in [2.45, 2.75) is 12.1 Å². The monoisotopic (exact) mass is 150 g/mol. The zero-order valence-electron chi connectivity index (χ0n) is 4.02. The third-order valence-electron chi connectivity index (χ3n) is 0.714. The molecule has 0 spiro atoms. The van der Waals surface area contributed by atoms with E-state index in [1.54, 1.807) is 16.9 Å². The molecule has 2 atom stereocenters. The Bertz CT molecular complexity index is 26.7. The molecule has 0 rings (SSSR count). The Morgan fingerprint density at radius 2 is 2.33 bits per heavy atom. The first-order valence-electron chi connectivity index (χ1n) is 2.12. The summed E-state index contributed by atoms with van der Waals surface area (Å²) in [6.07, 6.45) is 0. The van der Waals surface area contributed by atoms with E-state index < -0.39 is 0 Å². The predicted octanol–water partition coefficient (Wildman–Crippen LogP) is -0.334. The van der Waals surface area contributed by atoms with Crippen LogP contribution in [0.25, 0.3) is 0 Å². The SMILES string of the molecule is C[C@H](CO)C[AsH2]. The molecule has 0 bridgehead atoms. The first kappa shape index (κ1) is 6.52. The van der Waals surface area contributed by atoms with Crippen molar-refractivity contribution in [1.29, 1.82) is 0 Å². The molecule has 1 unspecified atom stereocenters. The normalized spacial score (nSPS) is 14.5. The molecule has 1 nitrogen and oxygen atoms in total. The van der Waals surface area contributed by atoms with Crippen molar-refractivity contribution in [1.82, 2.24) is 0 Å². The zero-order chi connectivity index (χ0) is 4.99. The van der Waals surface area contributed by atoms with E-state index in [1.807, 2.05) is 6.92 Å². The molecular formula is C4H11AsO. The van der Waals surface area contributed by atoms with E-state index >= 15 is 0 Å². The number of hydrogen-bond donors (Lipinski definition) is 1. The van der Waals surface area contributed by atoms with Crippen LogP contribution in [0.5, 0.6) is 0 Å². The van der Waals surface area contributed by atoms with Crippen molar-refractivity contribution in [3.05, 3.63) is 0 Å². The van der Waals surface area contributed by atoms with Gasteiger partial charge in [-0.05, 0) is 0 Å². The fourth-order valence-corrected chi connectivity index (χ4v) is 0.387. The predicted molar refractivity (Wildman–Crippen MR) is 29.6 cm³/mol. The molecule has 0 saturated carbocycles.